The summed E-state index contributed by atoms with van der Waals surface area (Å²) in [6.45, 7) is 13.5. The van der Waals surface area contributed by atoms with Crippen LogP contribution in [0.1, 0.15) is 117 Å². The molecule has 4 amide bonds. The fourth-order valence-corrected chi connectivity index (χ4v) is 5.34. The Morgan fingerprint density at radius 2 is 1.63 bits per heavy atom. The van der Waals surface area contributed by atoms with Crippen molar-refractivity contribution in [2.75, 3.05) is 23.8 Å². The minimum Gasteiger partial charge on any atom is -0.478 e. The fraction of sp³-hybridized carbons (Fsp3) is 0.526. The van der Waals surface area contributed by atoms with Gasteiger partial charge in [-0.25, -0.2) is 14.4 Å². The number of aromatic carboxylic acids is 1. The van der Waals surface area contributed by atoms with E-state index in [0.29, 0.717) is 49.2 Å². The van der Waals surface area contributed by atoms with Crippen LogP contribution in [0.4, 0.5) is 16.2 Å². The summed E-state index contributed by atoms with van der Waals surface area (Å²) in [5.41, 5.74) is 0.648. The molecule has 1 unspecified atom stereocenters. The summed E-state index contributed by atoms with van der Waals surface area (Å²) in [6, 6.07) is 6.72. The third-order valence-corrected chi connectivity index (χ3v) is 8.38. The van der Waals surface area contributed by atoms with Crippen molar-refractivity contribution in [2.24, 2.45) is 11.8 Å². The van der Waals surface area contributed by atoms with Crippen LogP contribution < -0.4 is 26.6 Å². The molecule has 14 heteroatoms. The highest BCUT2D eigenvalue weighted by molar-refractivity contribution is 6.05. The van der Waals surface area contributed by atoms with Gasteiger partial charge < -0.3 is 41.2 Å². The highest BCUT2D eigenvalue weighted by Gasteiger charge is 2.32. The van der Waals surface area contributed by atoms with Crippen LogP contribution in [-0.4, -0.2) is 71.7 Å². The molecule has 0 bridgehead atoms. The molecule has 3 atom stereocenters. The van der Waals surface area contributed by atoms with Crippen molar-refractivity contribution in [1.29, 1.82) is 0 Å². The van der Waals surface area contributed by atoms with Gasteiger partial charge >= 0.3 is 18.0 Å². The highest BCUT2D eigenvalue weighted by Crippen LogP contribution is 2.25. The summed E-state index contributed by atoms with van der Waals surface area (Å²) >= 11 is 0. The number of carbonyl (C=O) groups is 6. The van der Waals surface area contributed by atoms with Crippen molar-refractivity contribution in [3.63, 3.8) is 0 Å². The number of hydrogen-bond donors (Lipinski definition) is 6. The van der Waals surface area contributed by atoms with Crippen LogP contribution in [0.15, 0.2) is 36.4 Å². The molecular weight excluding hydrogens is 670 g/mol. The third kappa shape index (κ3) is 12.6. The van der Waals surface area contributed by atoms with Gasteiger partial charge in [0.2, 0.25) is 11.8 Å². The second kappa shape index (κ2) is 18.9. The maximum Gasteiger partial charge on any atom is 0.407 e. The van der Waals surface area contributed by atoms with E-state index < -0.39 is 53.4 Å². The zero-order chi connectivity index (χ0) is 38.6. The number of hydrogen-bond acceptors (Lipinski definition) is 9. The molecule has 1 aliphatic rings. The smallest absolute Gasteiger partial charge is 0.407 e. The van der Waals surface area contributed by atoms with E-state index in [1.54, 1.807) is 39.8 Å². The molecule has 52 heavy (non-hydrogen) atoms. The van der Waals surface area contributed by atoms with Gasteiger partial charge in [-0.15, -0.1) is 0 Å². The lowest BCUT2D eigenvalue weighted by molar-refractivity contribution is -0.128. The molecule has 284 valence electrons. The van der Waals surface area contributed by atoms with E-state index in [4.69, 9.17) is 9.47 Å². The minimum absolute atomic E-state index is 0.0223. The van der Waals surface area contributed by atoms with Crippen molar-refractivity contribution < 1.29 is 43.3 Å². The number of nitrogens with one attached hydrogen (secondary N) is 5. The molecule has 0 aliphatic carbocycles. The summed E-state index contributed by atoms with van der Waals surface area (Å²) in [6.07, 6.45) is 1.96. The van der Waals surface area contributed by atoms with E-state index >= 15 is 0 Å². The summed E-state index contributed by atoms with van der Waals surface area (Å²) in [4.78, 5) is 78.3. The molecule has 3 rings (SSSR count). The first-order valence-corrected chi connectivity index (χ1v) is 17.8. The predicted octanol–water partition coefficient (Wildman–Crippen LogP) is 5.48. The van der Waals surface area contributed by atoms with E-state index in [2.05, 4.69) is 26.6 Å². The third-order valence-electron chi connectivity index (χ3n) is 8.38. The standard InChI is InChI=1S/C38H53N5O9/c1-8-23(4)31-34(46)41-29(12-10-9-11-17-39-37(50)52-38(5,6)7)33(45)42-30-19-25(36(49)51-21-22(2)3)13-14-26(30)20-40-28-16-15-24(35(47)48)18-27(28)32(44)43-31/h13-16,18-19,22-23,29,31,40H,8-12,17,20-21H2,1-7H3,(H,39,50)(H,41,46)(H,42,45)(H,43,44)(H,47,48)/t23?,29-,31-/m0/s1. The number of ether oxygens (including phenoxy) is 2. The molecule has 14 nitrogen and oxygen atoms in total. The average molecular weight is 724 g/mol. The molecule has 2 aromatic carbocycles. The summed E-state index contributed by atoms with van der Waals surface area (Å²) in [5.74, 6) is -3.79. The van der Waals surface area contributed by atoms with Crippen molar-refractivity contribution >= 4 is 47.1 Å². The maximum absolute atomic E-state index is 14.0. The van der Waals surface area contributed by atoms with Crippen molar-refractivity contribution in [1.82, 2.24) is 16.0 Å². The SMILES string of the molecule is CCC(C)[C@@H]1NC(=O)c2cc(C(=O)O)ccc2NCc2ccc(C(=O)OCC(C)C)cc2NC(=O)[C@H](CCCCCNC(=O)OC(C)(C)C)NC1=O. The average Bonchev–Trinajstić information content (AvgIpc) is 3.07. The number of carbonyl (C=O) groups excluding carboxylic acids is 5. The normalized spacial score (nSPS) is 17.2. The Labute approximate surface area is 305 Å². The second-order valence-electron chi connectivity index (χ2n) is 14.4. The Balaban J connectivity index is 1.97. The number of alkyl carbamates (subject to hydrolysis) is 1. The minimum atomic E-state index is -1.22. The first-order valence-electron chi connectivity index (χ1n) is 17.8. The number of fused-ring (bicyclic) bond motifs is 2. The van der Waals surface area contributed by atoms with E-state index in [1.807, 2.05) is 20.8 Å². The van der Waals surface area contributed by atoms with Crippen molar-refractivity contribution in [3.8, 4) is 0 Å². The Hall–Kier alpha value is -5.14. The van der Waals surface area contributed by atoms with Crippen LogP contribution in [0.25, 0.3) is 0 Å². The molecule has 0 aromatic heterocycles. The van der Waals surface area contributed by atoms with E-state index in [0.717, 1.165) is 0 Å². The Bertz CT molecular complexity index is 1620. The van der Waals surface area contributed by atoms with Crippen LogP contribution >= 0.6 is 0 Å². The topological polar surface area (TPSA) is 201 Å². The molecule has 0 spiro atoms. The number of unbranched alkanes of at least 4 members (excludes halogenated alkanes) is 2. The monoisotopic (exact) mass is 723 g/mol. The van der Waals surface area contributed by atoms with Crippen LogP contribution in [0.2, 0.25) is 0 Å². The van der Waals surface area contributed by atoms with E-state index in [-0.39, 0.29) is 48.1 Å². The number of carboxylic acid groups (broad SMARTS) is 1. The van der Waals surface area contributed by atoms with Crippen LogP contribution in [0, 0.1) is 11.8 Å². The largest absolute Gasteiger partial charge is 0.478 e. The first kappa shape index (κ1) is 41.3. The van der Waals surface area contributed by atoms with Gasteiger partial charge in [-0.1, -0.05) is 53.0 Å². The van der Waals surface area contributed by atoms with Gasteiger partial charge in [0.05, 0.1) is 23.3 Å². The van der Waals surface area contributed by atoms with Gasteiger partial charge in [0.1, 0.15) is 17.7 Å². The summed E-state index contributed by atoms with van der Waals surface area (Å²) < 4.78 is 10.7. The molecular formula is C38H53N5O9. The van der Waals surface area contributed by atoms with Crippen LogP contribution in [-0.2, 0) is 25.6 Å². The molecule has 0 saturated carbocycles. The summed E-state index contributed by atoms with van der Waals surface area (Å²) in [7, 11) is 0. The van der Waals surface area contributed by atoms with Crippen LogP contribution in [0.5, 0.6) is 0 Å². The molecule has 6 N–H and O–H groups in total. The fourth-order valence-electron chi connectivity index (χ4n) is 5.34. The molecule has 1 heterocycles. The number of benzene rings is 2. The lowest BCUT2D eigenvalue weighted by Crippen LogP contribution is -2.55. The second-order valence-corrected chi connectivity index (χ2v) is 14.4. The number of carboxylic acids is 1. The van der Waals surface area contributed by atoms with E-state index in [1.165, 1.54) is 24.3 Å². The number of amides is 4. The Morgan fingerprint density at radius 1 is 0.923 bits per heavy atom. The van der Waals surface area contributed by atoms with Gasteiger partial charge in [0.15, 0.2) is 0 Å². The molecule has 0 radical (unpaired) electrons. The van der Waals surface area contributed by atoms with Crippen LogP contribution in [0.3, 0.4) is 0 Å². The van der Waals surface area contributed by atoms with Gasteiger partial charge in [-0.3, -0.25) is 14.4 Å². The van der Waals surface area contributed by atoms with Gasteiger partial charge in [0.25, 0.3) is 5.91 Å². The number of esters is 1. The van der Waals surface area contributed by atoms with E-state index in [9.17, 15) is 33.9 Å². The van der Waals surface area contributed by atoms with Gasteiger partial charge in [-0.05, 0) is 81.3 Å². The zero-order valence-electron chi connectivity index (χ0n) is 31.1. The first-order chi connectivity index (χ1) is 24.5. The molecule has 0 fully saturated rings. The maximum atomic E-state index is 14.0. The lowest BCUT2D eigenvalue weighted by Gasteiger charge is -2.28. The Kier molecular flexibility index (Phi) is 15.0. The Morgan fingerprint density at radius 3 is 2.29 bits per heavy atom. The van der Waals surface area contributed by atoms with Crippen molar-refractivity contribution in [3.05, 3.63) is 58.7 Å². The van der Waals surface area contributed by atoms with Gasteiger partial charge in [-0.2, -0.15) is 0 Å². The van der Waals surface area contributed by atoms with Gasteiger partial charge in [0, 0.05) is 24.5 Å². The quantitative estimate of drug-likeness (QED) is 0.120. The molecule has 0 saturated heterocycles. The summed E-state index contributed by atoms with van der Waals surface area (Å²) in [5, 5.41) is 24.1. The lowest BCUT2D eigenvalue weighted by atomic mass is 9.96. The predicted molar refractivity (Wildman–Crippen MR) is 196 cm³/mol. The zero-order valence-corrected chi connectivity index (χ0v) is 31.1. The number of anilines is 2. The molecule has 1 aliphatic heterocycles. The van der Waals surface area contributed by atoms with Crippen molar-refractivity contribution in [2.45, 2.75) is 105 Å². The number of rotatable bonds is 12. The molecule has 2 aromatic rings. The highest BCUT2D eigenvalue weighted by atomic mass is 16.6.